The second-order valence-corrected chi connectivity index (χ2v) is 5.51. The van der Waals surface area contributed by atoms with Gasteiger partial charge in [0.05, 0.1) is 5.56 Å². The van der Waals surface area contributed by atoms with Crippen LogP contribution in [0.25, 0.3) is 6.08 Å². The zero-order valence-corrected chi connectivity index (χ0v) is 11.9. The molecule has 4 nitrogen and oxygen atoms in total. The Kier molecular flexibility index (Phi) is 4.49. The van der Waals surface area contributed by atoms with Crippen LogP contribution in [0.4, 0.5) is 9.39 Å². The number of thiophene rings is 1. The van der Waals surface area contributed by atoms with Crippen LogP contribution >= 0.6 is 11.3 Å². The van der Waals surface area contributed by atoms with E-state index in [9.17, 15) is 14.0 Å². The molecule has 2 aromatic rings. The SMILES string of the molecule is Cc1cc(C(=O)O)c(NC(=O)C=Cc2ccccc2F)s1. The zero-order chi connectivity index (χ0) is 15.4. The van der Waals surface area contributed by atoms with Gasteiger partial charge in [-0.15, -0.1) is 11.3 Å². The highest BCUT2D eigenvalue weighted by Gasteiger charge is 2.14. The van der Waals surface area contributed by atoms with E-state index in [0.717, 1.165) is 4.88 Å². The average Bonchev–Trinajstić information content (AvgIpc) is 2.79. The molecule has 6 heteroatoms. The molecule has 0 saturated heterocycles. The molecule has 0 radical (unpaired) electrons. The number of hydrogen-bond donors (Lipinski definition) is 2. The highest BCUT2D eigenvalue weighted by molar-refractivity contribution is 7.16. The van der Waals surface area contributed by atoms with Gasteiger partial charge in [0.1, 0.15) is 10.8 Å². The van der Waals surface area contributed by atoms with Gasteiger partial charge in [0, 0.05) is 16.5 Å². The highest BCUT2D eigenvalue weighted by atomic mass is 32.1. The van der Waals surface area contributed by atoms with Gasteiger partial charge in [-0.1, -0.05) is 18.2 Å². The number of benzene rings is 1. The van der Waals surface area contributed by atoms with E-state index in [0.29, 0.717) is 0 Å². The third kappa shape index (κ3) is 3.76. The number of amides is 1. The molecule has 0 unspecified atom stereocenters. The number of carboxylic acids is 1. The van der Waals surface area contributed by atoms with E-state index in [2.05, 4.69) is 5.32 Å². The minimum Gasteiger partial charge on any atom is -0.478 e. The summed E-state index contributed by atoms with van der Waals surface area (Å²) >= 11 is 1.18. The topological polar surface area (TPSA) is 66.4 Å². The molecule has 2 rings (SSSR count). The van der Waals surface area contributed by atoms with E-state index in [4.69, 9.17) is 5.11 Å². The molecule has 1 amide bonds. The maximum absolute atomic E-state index is 13.4. The number of halogens is 1. The molecular formula is C15H12FNO3S. The van der Waals surface area contributed by atoms with Gasteiger partial charge >= 0.3 is 5.97 Å². The number of carbonyl (C=O) groups is 2. The van der Waals surface area contributed by atoms with Crippen molar-refractivity contribution in [3.8, 4) is 0 Å². The molecule has 0 aliphatic rings. The summed E-state index contributed by atoms with van der Waals surface area (Å²) in [6.07, 6.45) is 2.50. The van der Waals surface area contributed by atoms with Crippen molar-refractivity contribution in [3.63, 3.8) is 0 Å². The number of rotatable bonds is 4. The van der Waals surface area contributed by atoms with Crippen molar-refractivity contribution in [1.82, 2.24) is 0 Å². The van der Waals surface area contributed by atoms with Gasteiger partial charge in [0.15, 0.2) is 0 Å². The molecule has 0 saturated carbocycles. The second kappa shape index (κ2) is 6.32. The smallest absolute Gasteiger partial charge is 0.338 e. The van der Waals surface area contributed by atoms with Gasteiger partial charge < -0.3 is 10.4 Å². The van der Waals surface area contributed by atoms with Crippen LogP contribution in [0.1, 0.15) is 20.8 Å². The van der Waals surface area contributed by atoms with E-state index < -0.39 is 17.7 Å². The van der Waals surface area contributed by atoms with Gasteiger partial charge in [-0.05, 0) is 25.1 Å². The number of carboxylic acid groups (broad SMARTS) is 1. The molecule has 2 N–H and O–H groups in total. The number of aromatic carboxylic acids is 1. The number of aryl methyl sites for hydroxylation is 1. The van der Waals surface area contributed by atoms with Crippen molar-refractivity contribution in [2.45, 2.75) is 6.92 Å². The predicted molar refractivity (Wildman–Crippen MR) is 80.1 cm³/mol. The van der Waals surface area contributed by atoms with E-state index in [1.165, 1.54) is 41.7 Å². The van der Waals surface area contributed by atoms with E-state index >= 15 is 0 Å². The lowest BCUT2D eigenvalue weighted by Gasteiger charge is -2.00. The fraction of sp³-hybridized carbons (Fsp3) is 0.0667. The largest absolute Gasteiger partial charge is 0.478 e. The lowest BCUT2D eigenvalue weighted by molar-refractivity contribution is -0.111. The Morgan fingerprint density at radius 1 is 1.33 bits per heavy atom. The Hall–Kier alpha value is -2.47. The zero-order valence-electron chi connectivity index (χ0n) is 11.1. The van der Waals surface area contributed by atoms with Crippen molar-refractivity contribution in [1.29, 1.82) is 0 Å². The third-order valence-corrected chi connectivity index (χ3v) is 3.61. The Morgan fingerprint density at radius 2 is 2.05 bits per heavy atom. The maximum atomic E-state index is 13.4. The monoisotopic (exact) mass is 305 g/mol. The van der Waals surface area contributed by atoms with Gasteiger partial charge in [-0.25, -0.2) is 9.18 Å². The molecule has 0 fully saturated rings. The standard InChI is InChI=1S/C15H12FNO3S/c1-9-8-11(15(19)20)14(21-9)17-13(18)7-6-10-4-2-3-5-12(10)16/h2-8H,1H3,(H,17,18)(H,19,20). The predicted octanol–water partition coefficient (Wildman–Crippen LogP) is 3.55. The van der Waals surface area contributed by atoms with Crippen LogP contribution in [0, 0.1) is 12.7 Å². The summed E-state index contributed by atoms with van der Waals surface area (Å²) in [7, 11) is 0. The van der Waals surface area contributed by atoms with Crippen LogP contribution in [0.3, 0.4) is 0 Å². The summed E-state index contributed by atoms with van der Waals surface area (Å²) < 4.78 is 13.4. The van der Waals surface area contributed by atoms with Gasteiger partial charge in [0.2, 0.25) is 5.91 Å². The molecule has 108 valence electrons. The summed E-state index contributed by atoms with van der Waals surface area (Å²) in [4.78, 5) is 23.6. The number of carbonyl (C=O) groups excluding carboxylic acids is 1. The van der Waals surface area contributed by atoms with Gasteiger partial charge in [-0.3, -0.25) is 4.79 Å². The van der Waals surface area contributed by atoms with Crippen molar-refractivity contribution in [2.75, 3.05) is 5.32 Å². The van der Waals surface area contributed by atoms with E-state index in [-0.39, 0.29) is 16.1 Å². The van der Waals surface area contributed by atoms with Crippen molar-refractivity contribution in [2.24, 2.45) is 0 Å². The number of hydrogen-bond acceptors (Lipinski definition) is 3. The first-order chi connectivity index (χ1) is 9.97. The highest BCUT2D eigenvalue weighted by Crippen LogP contribution is 2.27. The molecule has 0 aliphatic heterocycles. The lowest BCUT2D eigenvalue weighted by atomic mass is 10.2. The Labute approximate surface area is 124 Å². The fourth-order valence-electron chi connectivity index (χ4n) is 1.70. The lowest BCUT2D eigenvalue weighted by Crippen LogP contribution is -2.09. The summed E-state index contributed by atoms with van der Waals surface area (Å²) in [6.45, 7) is 1.75. The Balaban J connectivity index is 2.12. The van der Waals surface area contributed by atoms with Crippen LogP contribution in [0.5, 0.6) is 0 Å². The summed E-state index contributed by atoms with van der Waals surface area (Å²) in [6, 6.07) is 7.54. The first kappa shape index (κ1) is 14.9. The van der Waals surface area contributed by atoms with Crippen LogP contribution < -0.4 is 5.32 Å². The van der Waals surface area contributed by atoms with E-state index in [1.54, 1.807) is 19.1 Å². The van der Waals surface area contributed by atoms with Gasteiger partial charge in [-0.2, -0.15) is 0 Å². The van der Waals surface area contributed by atoms with Crippen molar-refractivity contribution >= 4 is 34.3 Å². The van der Waals surface area contributed by atoms with Crippen molar-refractivity contribution < 1.29 is 19.1 Å². The van der Waals surface area contributed by atoms with E-state index in [1.807, 2.05) is 0 Å². The maximum Gasteiger partial charge on any atom is 0.338 e. The number of anilines is 1. The second-order valence-electron chi connectivity index (χ2n) is 4.25. The summed E-state index contributed by atoms with van der Waals surface area (Å²) in [5, 5.41) is 11.8. The first-order valence-electron chi connectivity index (χ1n) is 6.04. The summed E-state index contributed by atoms with van der Waals surface area (Å²) in [5.74, 6) is -2.05. The summed E-state index contributed by atoms with van der Waals surface area (Å²) in [5.41, 5.74) is 0.332. The van der Waals surface area contributed by atoms with Crippen LogP contribution in [0.2, 0.25) is 0 Å². The minimum atomic E-state index is -1.10. The van der Waals surface area contributed by atoms with Crippen LogP contribution in [-0.4, -0.2) is 17.0 Å². The molecule has 0 bridgehead atoms. The molecule has 1 aromatic heterocycles. The molecular weight excluding hydrogens is 293 g/mol. The fourth-order valence-corrected chi connectivity index (χ4v) is 2.60. The molecule has 0 spiro atoms. The van der Waals surface area contributed by atoms with Crippen LogP contribution in [-0.2, 0) is 4.79 Å². The molecule has 1 heterocycles. The molecule has 0 atom stereocenters. The number of nitrogens with one attached hydrogen (secondary N) is 1. The normalized spacial score (nSPS) is 10.8. The molecule has 1 aromatic carbocycles. The Bertz CT molecular complexity index is 721. The Morgan fingerprint density at radius 3 is 2.71 bits per heavy atom. The third-order valence-electron chi connectivity index (χ3n) is 2.64. The first-order valence-corrected chi connectivity index (χ1v) is 6.86. The molecule has 21 heavy (non-hydrogen) atoms. The average molecular weight is 305 g/mol. The minimum absolute atomic E-state index is 0.0464. The quantitative estimate of drug-likeness (QED) is 0.849. The van der Waals surface area contributed by atoms with Crippen molar-refractivity contribution in [3.05, 3.63) is 58.2 Å². The van der Waals surface area contributed by atoms with Gasteiger partial charge in [0.25, 0.3) is 0 Å². The molecule has 0 aliphatic carbocycles. The van der Waals surface area contributed by atoms with Crippen LogP contribution in [0.15, 0.2) is 36.4 Å².